The molecular formula is C14H20N4O3S. The molecule has 5 N–H and O–H groups in total. The van der Waals surface area contributed by atoms with Crippen LogP contribution in [0.2, 0.25) is 0 Å². The Labute approximate surface area is 129 Å². The van der Waals surface area contributed by atoms with E-state index in [0.29, 0.717) is 18.5 Å². The minimum absolute atomic E-state index is 0.0498. The number of hydrazine groups is 1. The first-order valence-corrected chi connectivity index (χ1v) is 8.88. The predicted molar refractivity (Wildman–Crippen MR) is 80.9 cm³/mol. The van der Waals surface area contributed by atoms with E-state index in [1.807, 2.05) is 0 Å². The number of carbonyl (C=O) groups excluding carboxylic acids is 1. The second-order valence-electron chi connectivity index (χ2n) is 5.93. The first-order valence-electron chi connectivity index (χ1n) is 7.34. The van der Waals surface area contributed by atoms with Crippen LogP contribution < -0.4 is 21.3 Å². The Morgan fingerprint density at radius 2 is 1.91 bits per heavy atom. The summed E-state index contributed by atoms with van der Waals surface area (Å²) in [6, 6.07) is 6.35. The van der Waals surface area contributed by atoms with Crippen molar-refractivity contribution in [2.45, 2.75) is 42.8 Å². The molecule has 120 valence electrons. The average Bonchev–Trinajstić information content (AvgIpc) is 3.22. The number of benzene rings is 1. The van der Waals surface area contributed by atoms with Crippen LogP contribution in [0.5, 0.6) is 0 Å². The van der Waals surface area contributed by atoms with Crippen molar-refractivity contribution in [3.63, 3.8) is 0 Å². The van der Waals surface area contributed by atoms with E-state index in [1.54, 1.807) is 12.1 Å². The molecular weight excluding hydrogens is 304 g/mol. The summed E-state index contributed by atoms with van der Waals surface area (Å²) in [4.78, 5) is 12.2. The van der Waals surface area contributed by atoms with Crippen molar-refractivity contribution >= 4 is 15.9 Å². The Morgan fingerprint density at radius 1 is 1.23 bits per heavy atom. The topological polar surface area (TPSA) is 113 Å². The smallest absolute Gasteiger partial charge is 0.238 e. The zero-order valence-corrected chi connectivity index (χ0v) is 12.9. The molecule has 0 radical (unpaired) electrons. The normalized spacial score (nSPS) is 25.1. The molecule has 2 unspecified atom stereocenters. The number of nitrogens with two attached hydrogens (primary N) is 1. The Balaban J connectivity index is 1.50. The molecule has 2 atom stereocenters. The van der Waals surface area contributed by atoms with Gasteiger partial charge in [-0.15, -0.1) is 0 Å². The maximum atomic E-state index is 12.1. The van der Waals surface area contributed by atoms with Gasteiger partial charge in [-0.1, -0.05) is 12.1 Å². The van der Waals surface area contributed by atoms with Gasteiger partial charge in [-0.3, -0.25) is 10.2 Å². The van der Waals surface area contributed by atoms with Crippen LogP contribution in [0.3, 0.4) is 0 Å². The number of hydrogen-bond acceptors (Lipinski definition) is 5. The first kappa shape index (κ1) is 15.4. The molecule has 1 aromatic rings. The highest BCUT2D eigenvalue weighted by Gasteiger charge is 2.38. The predicted octanol–water partition coefficient (Wildman–Crippen LogP) is -0.405. The van der Waals surface area contributed by atoms with Crippen molar-refractivity contribution in [3.05, 3.63) is 29.8 Å². The number of nitrogens with one attached hydrogen (secondary N) is 3. The molecule has 1 heterocycles. The molecule has 1 saturated heterocycles. The van der Waals surface area contributed by atoms with Gasteiger partial charge in [0.05, 0.1) is 4.90 Å². The lowest BCUT2D eigenvalue weighted by molar-refractivity contribution is -0.123. The van der Waals surface area contributed by atoms with Gasteiger partial charge in [-0.05, 0) is 42.9 Å². The van der Waals surface area contributed by atoms with Gasteiger partial charge in [0.25, 0.3) is 0 Å². The fourth-order valence-corrected chi connectivity index (χ4v) is 3.19. The molecule has 1 amide bonds. The lowest BCUT2D eigenvalue weighted by atomic mass is 10.1. The number of sulfonamides is 1. The molecule has 7 nitrogen and oxygen atoms in total. The maximum absolute atomic E-state index is 12.1. The molecule has 3 rings (SSSR count). The van der Waals surface area contributed by atoms with Crippen molar-refractivity contribution in [2.75, 3.05) is 0 Å². The summed E-state index contributed by atoms with van der Waals surface area (Å²) < 4.78 is 22.3. The first-order chi connectivity index (χ1) is 10.4. The number of hydrogen-bond donors (Lipinski definition) is 4. The van der Waals surface area contributed by atoms with Gasteiger partial charge >= 0.3 is 0 Å². The lowest BCUT2D eigenvalue weighted by Gasteiger charge is -2.11. The van der Waals surface area contributed by atoms with Crippen LogP contribution >= 0.6 is 0 Å². The fraction of sp³-hybridized carbons (Fsp3) is 0.500. The Morgan fingerprint density at radius 3 is 2.50 bits per heavy atom. The van der Waals surface area contributed by atoms with Gasteiger partial charge in [-0.2, -0.15) is 0 Å². The monoisotopic (exact) mass is 324 g/mol. The van der Waals surface area contributed by atoms with Gasteiger partial charge in [0.15, 0.2) is 0 Å². The molecule has 1 aliphatic heterocycles. The van der Waals surface area contributed by atoms with E-state index in [9.17, 15) is 13.2 Å². The van der Waals surface area contributed by atoms with E-state index in [2.05, 4.69) is 16.2 Å². The third-order valence-corrected chi connectivity index (χ3v) is 5.09. The highest BCUT2D eigenvalue weighted by molar-refractivity contribution is 7.89. The van der Waals surface area contributed by atoms with Gasteiger partial charge in [-0.25, -0.2) is 19.0 Å². The fourth-order valence-electron chi connectivity index (χ4n) is 2.67. The number of carbonyl (C=O) groups is 1. The second-order valence-corrected chi connectivity index (χ2v) is 7.49. The van der Waals surface area contributed by atoms with Crippen LogP contribution in [0.4, 0.5) is 0 Å². The highest BCUT2D eigenvalue weighted by atomic mass is 32.2. The number of rotatable bonds is 5. The van der Waals surface area contributed by atoms with E-state index in [4.69, 9.17) is 5.14 Å². The summed E-state index contributed by atoms with van der Waals surface area (Å²) in [5, 5.41) is 7.90. The molecule has 0 spiro atoms. The Hall–Kier alpha value is -1.48. The van der Waals surface area contributed by atoms with Gasteiger partial charge in [0.1, 0.15) is 6.04 Å². The maximum Gasteiger partial charge on any atom is 0.238 e. The molecule has 22 heavy (non-hydrogen) atoms. The minimum atomic E-state index is -3.68. The Bertz CT molecular complexity index is 655. The lowest BCUT2D eigenvalue weighted by Crippen LogP contribution is -2.43. The molecule has 8 heteroatoms. The van der Waals surface area contributed by atoms with Gasteiger partial charge in [0.2, 0.25) is 15.9 Å². The van der Waals surface area contributed by atoms with Crippen molar-refractivity contribution in [2.24, 2.45) is 11.1 Å². The average molecular weight is 324 g/mol. The minimum Gasteiger partial charge on any atom is -0.351 e. The van der Waals surface area contributed by atoms with E-state index in [1.165, 1.54) is 25.0 Å². The van der Waals surface area contributed by atoms with Crippen LogP contribution in [-0.2, 0) is 21.4 Å². The van der Waals surface area contributed by atoms with Crippen LogP contribution in [0.25, 0.3) is 0 Å². The van der Waals surface area contributed by atoms with Crippen LogP contribution in [0, 0.1) is 5.92 Å². The molecule has 1 aromatic carbocycles. The van der Waals surface area contributed by atoms with E-state index < -0.39 is 10.0 Å². The molecule has 1 aliphatic carbocycles. The highest BCUT2D eigenvalue weighted by Crippen LogP contribution is 2.35. The van der Waals surface area contributed by atoms with E-state index in [-0.39, 0.29) is 16.8 Å². The summed E-state index contributed by atoms with van der Waals surface area (Å²) in [5.41, 5.74) is 7.04. The van der Waals surface area contributed by atoms with Crippen molar-refractivity contribution in [3.8, 4) is 0 Å². The standard InChI is InChI=1S/C14H20N4O3S/c15-22(20,21)11-5-1-9(2-6-11)8-16-14(19)13-7-12(17-18-13)10-3-4-10/h1-2,5-6,10,12-13,17-18H,3-4,7-8H2,(H,16,19)(H2,15,20,21). The quantitative estimate of drug-likeness (QED) is 0.588. The zero-order chi connectivity index (χ0) is 15.7. The van der Waals surface area contributed by atoms with Crippen LogP contribution in [-0.4, -0.2) is 26.4 Å². The van der Waals surface area contributed by atoms with E-state index in [0.717, 1.165) is 12.0 Å². The van der Waals surface area contributed by atoms with Crippen LogP contribution in [0.1, 0.15) is 24.8 Å². The SMILES string of the molecule is NS(=O)(=O)c1ccc(CNC(=O)C2CC(C3CC3)NN2)cc1. The van der Waals surface area contributed by atoms with Crippen molar-refractivity contribution < 1.29 is 13.2 Å². The second kappa shape index (κ2) is 5.96. The van der Waals surface area contributed by atoms with Gasteiger partial charge < -0.3 is 5.32 Å². The number of primary sulfonamides is 1. The number of amides is 1. The molecule has 2 fully saturated rings. The van der Waals surface area contributed by atoms with Gasteiger partial charge in [0, 0.05) is 12.6 Å². The summed E-state index contributed by atoms with van der Waals surface area (Å²) in [5.74, 6) is 0.655. The summed E-state index contributed by atoms with van der Waals surface area (Å²) in [6.07, 6.45) is 3.29. The van der Waals surface area contributed by atoms with E-state index >= 15 is 0 Å². The summed E-state index contributed by atoms with van der Waals surface area (Å²) >= 11 is 0. The van der Waals surface area contributed by atoms with Crippen LogP contribution in [0.15, 0.2) is 29.2 Å². The summed E-state index contributed by atoms with van der Waals surface area (Å²) in [6.45, 7) is 0.357. The third-order valence-electron chi connectivity index (χ3n) is 4.16. The molecule has 2 aliphatic rings. The third kappa shape index (κ3) is 3.64. The Kier molecular flexibility index (Phi) is 4.18. The summed E-state index contributed by atoms with van der Waals surface area (Å²) in [7, 11) is -3.68. The molecule has 0 aromatic heterocycles. The zero-order valence-electron chi connectivity index (χ0n) is 12.1. The van der Waals surface area contributed by atoms with Crippen molar-refractivity contribution in [1.29, 1.82) is 0 Å². The van der Waals surface area contributed by atoms with Crippen molar-refractivity contribution in [1.82, 2.24) is 16.2 Å². The molecule has 0 bridgehead atoms. The largest absolute Gasteiger partial charge is 0.351 e. The molecule has 1 saturated carbocycles.